The van der Waals surface area contributed by atoms with Crippen LogP contribution < -0.4 is 0 Å². The van der Waals surface area contributed by atoms with E-state index in [0.29, 0.717) is 25.7 Å². The highest BCUT2D eigenvalue weighted by atomic mass is 31.2. The number of rotatable bonds is 69. The Hall–Kier alpha value is -1.94. The van der Waals surface area contributed by atoms with Gasteiger partial charge in [-0.05, 0) is 31.6 Å². The minimum Gasteiger partial charge on any atom is -0.462 e. The summed E-state index contributed by atoms with van der Waals surface area (Å²) in [5.74, 6) is -1.34. The van der Waals surface area contributed by atoms with Gasteiger partial charge in [-0.2, -0.15) is 0 Å². The number of aliphatic hydroxyl groups is 1. The zero-order valence-corrected chi connectivity index (χ0v) is 58.6. The molecule has 3 N–H and O–H groups in total. The second kappa shape index (κ2) is 62.5. The molecule has 0 aliphatic heterocycles. The van der Waals surface area contributed by atoms with Crippen molar-refractivity contribution in [1.82, 2.24) is 0 Å². The second-order valence-electron chi connectivity index (χ2n) is 25.4. The van der Waals surface area contributed by atoms with E-state index >= 15 is 0 Å². The number of carbonyl (C=O) groups excluding carboxylic acids is 4. The summed E-state index contributed by atoms with van der Waals surface area (Å²) in [4.78, 5) is 72.0. The van der Waals surface area contributed by atoms with Crippen molar-refractivity contribution in [1.29, 1.82) is 0 Å². The predicted octanol–water partition coefficient (Wildman–Crippen LogP) is 19.7. The highest BCUT2D eigenvalue weighted by Crippen LogP contribution is 2.45. The van der Waals surface area contributed by atoms with Crippen molar-refractivity contribution in [3.8, 4) is 0 Å². The molecule has 0 aromatic rings. The van der Waals surface area contributed by atoms with Crippen LogP contribution in [0.25, 0.3) is 0 Å². The maximum atomic E-state index is 13.0. The molecule has 0 saturated heterocycles. The van der Waals surface area contributed by atoms with Crippen LogP contribution in [0, 0.1) is 5.92 Å². The summed E-state index contributed by atoms with van der Waals surface area (Å²) in [5.41, 5.74) is 0. The highest BCUT2D eigenvalue weighted by molar-refractivity contribution is 7.47. The SMILES string of the molecule is CCCCCCCCCCCCCCCCCCCCC(=O)OC[C@H](COP(=O)(O)OC[C@@H](O)COP(=O)(O)OC[C@@H](COC(=O)CCCCCCC)OC(=O)CCCCCCCCC)OC(=O)CCCCCCCCCCCCCCCCCC(C)C. The molecule has 0 amide bonds. The number of unbranched alkanes of at least 4 members (excludes halogenated alkanes) is 41. The maximum Gasteiger partial charge on any atom is 0.472 e. The predicted molar refractivity (Wildman–Crippen MR) is 354 cm³/mol. The lowest BCUT2D eigenvalue weighted by Gasteiger charge is -2.21. The van der Waals surface area contributed by atoms with Crippen LogP contribution in [-0.4, -0.2) is 96.7 Å². The topological polar surface area (TPSA) is 237 Å². The largest absolute Gasteiger partial charge is 0.472 e. The lowest BCUT2D eigenvalue weighted by Crippen LogP contribution is -2.30. The minimum absolute atomic E-state index is 0.103. The van der Waals surface area contributed by atoms with Gasteiger partial charge in [-0.1, -0.05) is 304 Å². The highest BCUT2D eigenvalue weighted by Gasteiger charge is 2.30. The Balaban J connectivity index is 5.10. The Kier molecular flexibility index (Phi) is 61.1. The van der Waals surface area contributed by atoms with Crippen molar-refractivity contribution in [3.63, 3.8) is 0 Å². The van der Waals surface area contributed by atoms with E-state index in [0.717, 1.165) is 115 Å². The molecule has 88 heavy (non-hydrogen) atoms. The summed E-state index contributed by atoms with van der Waals surface area (Å²) in [6.07, 6.45) is 49.3. The van der Waals surface area contributed by atoms with Gasteiger partial charge in [0.25, 0.3) is 0 Å². The van der Waals surface area contributed by atoms with Gasteiger partial charge < -0.3 is 33.8 Å². The first kappa shape index (κ1) is 86.1. The first-order chi connectivity index (χ1) is 42.5. The number of hydrogen-bond acceptors (Lipinski definition) is 15. The van der Waals surface area contributed by atoms with Gasteiger partial charge in [-0.3, -0.25) is 37.3 Å². The van der Waals surface area contributed by atoms with Crippen molar-refractivity contribution >= 4 is 39.5 Å². The molecule has 0 fully saturated rings. The van der Waals surface area contributed by atoms with E-state index in [-0.39, 0.29) is 25.7 Å². The fraction of sp³-hybridized carbons (Fsp3) is 0.942. The van der Waals surface area contributed by atoms with Crippen molar-refractivity contribution in [3.05, 3.63) is 0 Å². The number of esters is 4. The zero-order valence-electron chi connectivity index (χ0n) is 56.9. The van der Waals surface area contributed by atoms with Gasteiger partial charge in [0.15, 0.2) is 12.2 Å². The quantitative estimate of drug-likeness (QED) is 0.0222. The molecule has 0 aliphatic rings. The summed E-state index contributed by atoms with van der Waals surface area (Å²) in [6.45, 7) is 7.13. The van der Waals surface area contributed by atoms with Crippen LogP contribution in [0.1, 0.15) is 356 Å². The van der Waals surface area contributed by atoms with E-state index in [2.05, 4.69) is 34.6 Å². The van der Waals surface area contributed by atoms with E-state index in [1.54, 1.807) is 0 Å². The van der Waals surface area contributed by atoms with E-state index in [9.17, 15) is 43.2 Å². The number of hydrogen-bond donors (Lipinski definition) is 3. The molecule has 0 aliphatic carbocycles. The number of carbonyl (C=O) groups is 4. The van der Waals surface area contributed by atoms with Crippen LogP contribution in [0.15, 0.2) is 0 Å². The average molecular weight is 1300 g/mol. The van der Waals surface area contributed by atoms with Gasteiger partial charge in [0.05, 0.1) is 26.4 Å². The lowest BCUT2D eigenvalue weighted by molar-refractivity contribution is -0.161. The van der Waals surface area contributed by atoms with Crippen LogP contribution in [0.4, 0.5) is 0 Å². The fourth-order valence-corrected chi connectivity index (χ4v) is 12.0. The van der Waals surface area contributed by atoms with Gasteiger partial charge in [-0.15, -0.1) is 0 Å². The lowest BCUT2D eigenvalue weighted by atomic mass is 10.0. The van der Waals surface area contributed by atoms with E-state index in [4.69, 9.17) is 37.0 Å². The number of aliphatic hydroxyl groups excluding tert-OH is 1. The third kappa shape index (κ3) is 62.8. The third-order valence-electron chi connectivity index (χ3n) is 16.0. The number of phosphoric acid groups is 2. The number of phosphoric ester groups is 2. The average Bonchev–Trinajstić information content (AvgIpc) is 3.52. The Bertz CT molecular complexity index is 1700. The van der Waals surface area contributed by atoms with Crippen molar-refractivity contribution in [2.75, 3.05) is 39.6 Å². The van der Waals surface area contributed by atoms with Crippen molar-refractivity contribution in [2.45, 2.75) is 374 Å². The molecule has 19 heteroatoms. The molecule has 0 bridgehead atoms. The molecular weight excluding hydrogens is 1160 g/mol. The smallest absolute Gasteiger partial charge is 0.462 e. The molecule has 0 aromatic heterocycles. The molecule has 0 rings (SSSR count). The molecule has 2 unspecified atom stereocenters. The van der Waals surface area contributed by atoms with Crippen LogP contribution in [-0.2, 0) is 65.4 Å². The van der Waals surface area contributed by atoms with Gasteiger partial charge in [0, 0.05) is 25.7 Å². The fourth-order valence-electron chi connectivity index (χ4n) is 10.5. The zero-order chi connectivity index (χ0) is 64.9. The van der Waals surface area contributed by atoms with E-state index < -0.39 is 97.5 Å². The minimum atomic E-state index is -4.95. The standard InChI is InChI=1S/C69H134O17P2/c1-6-9-12-15-17-18-19-20-21-22-23-26-29-32-35-39-43-48-53-67(72)80-59-65(86-69(74)55-50-45-40-36-33-30-27-24-25-28-31-34-38-42-46-51-62(4)5)61-84-88(77,78)82-57-63(70)56-81-87(75,76)83-60-64(58-79-66(71)52-47-41-14-11-8-3)85-68(73)54-49-44-37-16-13-10-7-2/h62-65,70H,6-61H2,1-5H3,(H,75,76)(H,77,78)/t63-,64+,65+/m0/s1. The summed E-state index contributed by atoms with van der Waals surface area (Å²) >= 11 is 0. The van der Waals surface area contributed by atoms with Gasteiger partial charge in [0.2, 0.25) is 0 Å². The van der Waals surface area contributed by atoms with E-state index in [1.807, 2.05) is 0 Å². The Labute approximate surface area is 537 Å². The first-order valence-corrected chi connectivity index (χ1v) is 39.1. The molecule has 0 aromatic carbocycles. The molecule has 0 heterocycles. The molecule has 0 saturated carbocycles. The molecule has 0 radical (unpaired) electrons. The van der Waals surface area contributed by atoms with Crippen LogP contribution in [0.5, 0.6) is 0 Å². The van der Waals surface area contributed by atoms with Gasteiger partial charge >= 0.3 is 39.5 Å². The Morgan fingerprint density at radius 1 is 0.307 bits per heavy atom. The van der Waals surface area contributed by atoms with Crippen LogP contribution >= 0.6 is 15.6 Å². The van der Waals surface area contributed by atoms with Crippen LogP contribution in [0.2, 0.25) is 0 Å². The van der Waals surface area contributed by atoms with E-state index in [1.165, 1.54) is 161 Å². The summed E-state index contributed by atoms with van der Waals surface area (Å²) in [5, 5.41) is 10.5. The Morgan fingerprint density at radius 2 is 0.523 bits per heavy atom. The van der Waals surface area contributed by atoms with Crippen molar-refractivity contribution < 1.29 is 80.2 Å². The summed E-state index contributed by atoms with van der Waals surface area (Å²) in [7, 11) is -9.88. The van der Waals surface area contributed by atoms with Crippen LogP contribution in [0.3, 0.4) is 0 Å². The molecule has 5 atom stereocenters. The van der Waals surface area contributed by atoms with Gasteiger partial charge in [-0.25, -0.2) is 9.13 Å². The summed E-state index contributed by atoms with van der Waals surface area (Å²) < 4.78 is 67.9. The third-order valence-corrected chi connectivity index (χ3v) is 17.9. The monoisotopic (exact) mass is 1300 g/mol. The first-order valence-electron chi connectivity index (χ1n) is 36.1. The molecule has 17 nitrogen and oxygen atoms in total. The molecule has 0 spiro atoms. The van der Waals surface area contributed by atoms with Crippen molar-refractivity contribution in [2.24, 2.45) is 5.92 Å². The molecular formula is C69H134O17P2. The van der Waals surface area contributed by atoms with Gasteiger partial charge in [0.1, 0.15) is 19.3 Å². The Morgan fingerprint density at radius 3 is 0.773 bits per heavy atom. The maximum absolute atomic E-state index is 13.0. The normalized spacial score (nSPS) is 14.1. The molecule has 522 valence electrons. The second-order valence-corrected chi connectivity index (χ2v) is 28.3. The summed E-state index contributed by atoms with van der Waals surface area (Å²) in [6, 6.07) is 0. The number of ether oxygens (including phenoxy) is 4.